The Hall–Kier alpha value is -1.96. The molecule has 8 heteroatoms. The van der Waals surface area contributed by atoms with E-state index in [4.69, 9.17) is 4.74 Å². The number of carbonyl (C=O) groups is 1. The smallest absolute Gasteiger partial charge is 0.228 e. The lowest BCUT2D eigenvalue weighted by molar-refractivity contribution is -0.121. The summed E-state index contributed by atoms with van der Waals surface area (Å²) in [5, 5.41) is 2.93. The largest absolute Gasteiger partial charge is 0.378 e. The SMILES string of the molecule is O=C1C[C@H]2CC[C@@H](CN1)N2c1ncc(F)c(N2CCOCC2)n1. The molecular weight excluding hydrogens is 301 g/mol. The summed E-state index contributed by atoms with van der Waals surface area (Å²) < 4.78 is 19.5. The average Bonchev–Trinajstić information content (AvgIpc) is 2.88. The normalized spacial score (nSPS) is 27.8. The molecule has 3 aliphatic rings. The minimum Gasteiger partial charge on any atom is -0.378 e. The Balaban J connectivity index is 1.65. The van der Waals surface area contributed by atoms with Gasteiger partial charge in [0.2, 0.25) is 11.9 Å². The first-order valence-corrected chi connectivity index (χ1v) is 8.12. The number of fused-ring (bicyclic) bond motifs is 2. The van der Waals surface area contributed by atoms with Crippen LogP contribution >= 0.6 is 0 Å². The first-order valence-electron chi connectivity index (χ1n) is 8.12. The van der Waals surface area contributed by atoms with Crippen LogP contribution in [0.4, 0.5) is 16.2 Å². The van der Waals surface area contributed by atoms with Gasteiger partial charge in [-0.3, -0.25) is 4.79 Å². The standard InChI is InChI=1S/C15H20FN5O2/c16-12-9-18-15(19-14(12)20-3-5-23-6-4-20)21-10-1-2-11(21)8-17-13(22)7-10/h9-11H,1-8H2,(H,17,22)/t10-,11+/m1/s1. The molecule has 1 amide bonds. The van der Waals surface area contributed by atoms with E-state index in [-0.39, 0.29) is 18.0 Å². The second kappa shape index (κ2) is 5.92. The van der Waals surface area contributed by atoms with Crippen molar-refractivity contribution in [1.29, 1.82) is 0 Å². The fourth-order valence-corrected chi connectivity index (χ4v) is 3.68. The minimum absolute atomic E-state index is 0.0673. The molecule has 4 rings (SSSR count). The van der Waals surface area contributed by atoms with E-state index in [2.05, 4.69) is 20.2 Å². The highest BCUT2D eigenvalue weighted by Gasteiger charge is 2.39. The lowest BCUT2D eigenvalue weighted by Gasteiger charge is -2.31. The highest BCUT2D eigenvalue weighted by atomic mass is 19.1. The predicted octanol–water partition coefficient (Wildman–Crippen LogP) is 0.310. The van der Waals surface area contributed by atoms with E-state index in [9.17, 15) is 9.18 Å². The van der Waals surface area contributed by atoms with Gasteiger partial charge in [-0.25, -0.2) is 9.37 Å². The summed E-state index contributed by atoms with van der Waals surface area (Å²) in [4.78, 5) is 24.5. The Kier molecular flexibility index (Phi) is 3.76. The number of morpholine rings is 1. The van der Waals surface area contributed by atoms with Crippen LogP contribution in [-0.4, -0.2) is 60.8 Å². The summed E-state index contributed by atoms with van der Waals surface area (Å²) in [5.74, 6) is 0.517. The third-order valence-corrected chi connectivity index (χ3v) is 4.83. The molecule has 0 spiro atoms. The van der Waals surface area contributed by atoms with E-state index in [1.807, 2.05) is 4.90 Å². The number of amides is 1. The third kappa shape index (κ3) is 2.71. The first-order chi connectivity index (χ1) is 11.2. The van der Waals surface area contributed by atoms with Gasteiger partial charge < -0.3 is 19.9 Å². The number of nitrogens with zero attached hydrogens (tertiary/aromatic N) is 4. The van der Waals surface area contributed by atoms with Gasteiger partial charge in [-0.1, -0.05) is 0 Å². The average molecular weight is 321 g/mol. The van der Waals surface area contributed by atoms with Crippen LogP contribution in [0.25, 0.3) is 0 Å². The molecular formula is C15H20FN5O2. The molecule has 0 unspecified atom stereocenters. The van der Waals surface area contributed by atoms with Crippen molar-refractivity contribution in [3.63, 3.8) is 0 Å². The molecule has 2 atom stereocenters. The lowest BCUT2D eigenvalue weighted by Crippen LogP contribution is -2.41. The summed E-state index contributed by atoms with van der Waals surface area (Å²) in [5.41, 5.74) is 0. The van der Waals surface area contributed by atoms with Gasteiger partial charge in [-0.2, -0.15) is 4.98 Å². The lowest BCUT2D eigenvalue weighted by atomic mass is 10.1. The number of hydrogen-bond acceptors (Lipinski definition) is 6. The molecule has 2 bridgehead atoms. The zero-order valence-electron chi connectivity index (χ0n) is 12.9. The maximum absolute atomic E-state index is 14.2. The van der Waals surface area contributed by atoms with Crippen molar-refractivity contribution in [3.8, 4) is 0 Å². The molecule has 0 saturated carbocycles. The quantitative estimate of drug-likeness (QED) is 0.845. The number of anilines is 2. The fraction of sp³-hybridized carbons (Fsp3) is 0.667. The maximum atomic E-state index is 14.2. The molecule has 7 nitrogen and oxygen atoms in total. The van der Waals surface area contributed by atoms with Gasteiger partial charge in [0.1, 0.15) is 0 Å². The van der Waals surface area contributed by atoms with Gasteiger partial charge in [0.25, 0.3) is 0 Å². The van der Waals surface area contributed by atoms with E-state index in [1.54, 1.807) is 0 Å². The Bertz CT molecular complexity index is 608. The zero-order valence-corrected chi connectivity index (χ0v) is 12.9. The van der Waals surface area contributed by atoms with Crippen molar-refractivity contribution in [2.75, 3.05) is 42.6 Å². The molecule has 3 fully saturated rings. The van der Waals surface area contributed by atoms with Crippen molar-refractivity contribution < 1.29 is 13.9 Å². The van der Waals surface area contributed by atoms with Gasteiger partial charge >= 0.3 is 0 Å². The number of rotatable bonds is 2. The molecule has 0 aromatic carbocycles. The second-order valence-electron chi connectivity index (χ2n) is 6.24. The summed E-state index contributed by atoms with van der Waals surface area (Å²) in [6, 6.07) is 0.292. The van der Waals surface area contributed by atoms with E-state index in [0.717, 1.165) is 12.8 Å². The summed E-state index contributed by atoms with van der Waals surface area (Å²) in [6.45, 7) is 3.00. The van der Waals surface area contributed by atoms with Crippen molar-refractivity contribution in [3.05, 3.63) is 12.0 Å². The van der Waals surface area contributed by atoms with Crippen molar-refractivity contribution in [1.82, 2.24) is 15.3 Å². The van der Waals surface area contributed by atoms with Crippen molar-refractivity contribution >= 4 is 17.7 Å². The van der Waals surface area contributed by atoms with E-state index in [1.165, 1.54) is 6.20 Å². The van der Waals surface area contributed by atoms with Crippen LogP contribution in [0, 0.1) is 5.82 Å². The number of nitrogens with one attached hydrogen (secondary N) is 1. The second-order valence-corrected chi connectivity index (χ2v) is 6.24. The van der Waals surface area contributed by atoms with Crippen LogP contribution in [-0.2, 0) is 9.53 Å². The summed E-state index contributed by atoms with van der Waals surface area (Å²) >= 11 is 0. The summed E-state index contributed by atoms with van der Waals surface area (Å²) in [7, 11) is 0. The number of aromatic nitrogens is 2. The van der Waals surface area contributed by atoms with Crippen LogP contribution in [0.15, 0.2) is 6.20 Å². The van der Waals surface area contributed by atoms with E-state index in [0.29, 0.717) is 51.0 Å². The van der Waals surface area contributed by atoms with E-state index < -0.39 is 5.82 Å². The number of halogens is 1. The van der Waals surface area contributed by atoms with Crippen LogP contribution in [0.3, 0.4) is 0 Å². The molecule has 1 aromatic rings. The molecule has 0 aliphatic carbocycles. The topological polar surface area (TPSA) is 70.6 Å². The number of carbonyl (C=O) groups excluding carboxylic acids is 1. The molecule has 4 heterocycles. The molecule has 124 valence electrons. The van der Waals surface area contributed by atoms with Crippen LogP contribution in [0.2, 0.25) is 0 Å². The third-order valence-electron chi connectivity index (χ3n) is 4.83. The van der Waals surface area contributed by atoms with Crippen molar-refractivity contribution in [2.45, 2.75) is 31.3 Å². The Morgan fingerprint density at radius 2 is 2.04 bits per heavy atom. The van der Waals surface area contributed by atoms with Crippen LogP contribution in [0.1, 0.15) is 19.3 Å². The highest BCUT2D eigenvalue weighted by molar-refractivity contribution is 5.78. The fourth-order valence-electron chi connectivity index (χ4n) is 3.68. The monoisotopic (exact) mass is 321 g/mol. The molecule has 23 heavy (non-hydrogen) atoms. The van der Waals surface area contributed by atoms with E-state index >= 15 is 0 Å². The number of ether oxygens (including phenoxy) is 1. The molecule has 0 radical (unpaired) electrons. The zero-order chi connectivity index (χ0) is 15.8. The molecule has 1 N–H and O–H groups in total. The Labute approximate surface area is 133 Å². The molecule has 3 saturated heterocycles. The van der Waals surface area contributed by atoms with Crippen LogP contribution in [0.5, 0.6) is 0 Å². The highest BCUT2D eigenvalue weighted by Crippen LogP contribution is 2.32. The van der Waals surface area contributed by atoms with Gasteiger partial charge in [-0.15, -0.1) is 0 Å². The first kappa shape index (κ1) is 14.6. The van der Waals surface area contributed by atoms with Crippen molar-refractivity contribution in [2.24, 2.45) is 0 Å². The molecule has 1 aromatic heterocycles. The Morgan fingerprint density at radius 1 is 1.26 bits per heavy atom. The summed E-state index contributed by atoms with van der Waals surface area (Å²) in [6.07, 6.45) is 3.64. The predicted molar refractivity (Wildman–Crippen MR) is 81.9 cm³/mol. The Morgan fingerprint density at radius 3 is 2.87 bits per heavy atom. The van der Waals surface area contributed by atoms with Gasteiger partial charge in [0, 0.05) is 38.1 Å². The van der Waals surface area contributed by atoms with Crippen LogP contribution < -0.4 is 15.1 Å². The van der Waals surface area contributed by atoms with Gasteiger partial charge in [0.05, 0.1) is 19.4 Å². The maximum Gasteiger partial charge on any atom is 0.228 e. The molecule has 3 aliphatic heterocycles. The number of hydrogen-bond donors (Lipinski definition) is 1. The van der Waals surface area contributed by atoms with Gasteiger partial charge in [-0.05, 0) is 12.8 Å². The minimum atomic E-state index is -0.410. The van der Waals surface area contributed by atoms with Gasteiger partial charge in [0.15, 0.2) is 11.6 Å².